The lowest BCUT2D eigenvalue weighted by atomic mass is 10.1. The molecule has 0 aliphatic rings. The van der Waals surface area contributed by atoms with Gasteiger partial charge in [-0.3, -0.25) is 4.68 Å². The monoisotopic (exact) mass is 243 g/mol. The van der Waals surface area contributed by atoms with Crippen molar-refractivity contribution < 1.29 is 0 Å². The number of benzene rings is 1. The second kappa shape index (κ2) is 5.83. The second-order valence-electron chi connectivity index (χ2n) is 4.69. The zero-order valence-corrected chi connectivity index (χ0v) is 11.4. The second-order valence-corrected chi connectivity index (χ2v) is 4.69. The minimum Gasteiger partial charge on any atom is -0.311 e. The molecule has 2 aromatic rings. The van der Waals surface area contributed by atoms with Crippen LogP contribution in [0.25, 0.3) is 0 Å². The fourth-order valence-electron chi connectivity index (χ4n) is 2.04. The van der Waals surface area contributed by atoms with Crippen LogP contribution in [0.5, 0.6) is 0 Å². The Kier molecular flexibility index (Phi) is 4.15. The molecular formula is C15H21N3. The first-order chi connectivity index (χ1) is 8.70. The Hall–Kier alpha value is -1.61. The molecule has 0 atom stereocenters. The van der Waals surface area contributed by atoms with Crippen LogP contribution < -0.4 is 5.32 Å². The van der Waals surface area contributed by atoms with Gasteiger partial charge in [-0.2, -0.15) is 5.10 Å². The quantitative estimate of drug-likeness (QED) is 0.875. The van der Waals surface area contributed by atoms with E-state index in [1.165, 1.54) is 22.4 Å². The van der Waals surface area contributed by atoms with Gasteiger partial charge in [0.2, 0.25) is 0 Å². The summed E-state index contributed by atoms with van der Waals surface area (Å²) in [6.45, 7) is 9.11. The van der Waals surface area contributed by atoms with E-state index in [1.54, 1.807) is 0 Å². The fraction of sp³-hybridized carbons (Fsp3) is 0.400. The Morgan fingerprint density at radius 3 is 2.83 bits per heavy atom. The number of rotatable bonds is 5. The molecular weight excluding hydrogens is 222 g/mol. The minimum absolute atomic E-state index is 0.848. The number of aromatic nitrogens is 2. The number of aryl methyl sites for hydroxylation is 2. The zero-order chi connectivity index (χ0) is 13.0. The number of hydrogen-bond acceptors (Lipinski definition) is 2. The van der Waals surface area contributed by atoms with Crippen LogP contribution in [0.4, 0.5) is 0 Å². The summed E-state index contributed by atoms with van der Waals surface area (Å²) in [4.78, 5) is 0. The highest BCUT2D eigenvalue weighted by Gasteiger charge is 2.05. The van der Waals surface area contributed by atoms with E-state index < -0.39 is 0 Å². The van der Waals surface area contributed by atoms with Gasteiger partial charge in [0.05, 0.1) is 12.2 Å². The maximum Gasteiger partial charge on any atom is 0.0665 e. The van der Waals surface area contributed by atoms with Crippen molar-refractivity contribution in [3.63, 3.8) is 0 Å². The van der Waals surface area contributed by atoms with Crippen molar-refractivity contribution in [2.24, 2.45) is 0 Å². The number of nitrogens with zero attached hydrogens (tertiary/aromatic N) is 2. The SMILES string of the molecule is CCNCc1ccnn1Cc1cc(C)ccc1C. The van der Waals surface area contributed by atoms with Crippen molar-refractivity contribution in [1.82, 2.24) is 15.1 Å². The van der Waals surface area contributed by atoms with E-state index in [4.69, 9.17) is 0 Å². The molecule has 0 unspecified atom stereocenters. The van der Waals surface area contributed by atoms with Crippen LogP contribution in [0.15, 0.2) is 30.5 Å². The van der Waals surface area contributed by atoms with Gasteiger partial charge in [0, 0.05) is 12.7 Å². The summed E-state index contributed by atoms with van der Waals surface area (Å²) in [7, 11) is 0. The highest BCUT2D eigenvalue weighted by Crippen LogP contribution is 2.13. The highest BCUT2D eigenvalue weighted by molar-refractivity contribution is 5.30. The van der Waals surface area contributed by atoms with Crippen molar-refractivity contribution in [2.75, 3.05) is 6.54 Å². The number of nitrogens with one attached hydrogen (secondary N) is 1. The summed E-state index contributed by atoms with van der Waals surface area (Å²) < 4.78 is 2.07. The van der Waals surface area contributed by atoms with Crippen molar-refractivity contribution in [3.8, 4) is 0 Å². The lowest BCUT2D eigenvalue weighted by molar-refractivity contribution is 0.604. The van der Waals surface area contributed by atoms with E-state index in [0.29, 0.717) is 0 Å². The lowest BCUT2D eigenvalue weighted by Crippen LogP contribution is -2.16. The standard InChI is InChI=1S/C15H21N3/c1-4-16-10-15-7-8-17-18(15)11-14-9-12(2)5-6-13(14)3/h5-9,16H,4,10-11H2,1-3H3. The van der Waals surface area contributed by atoms with Crippen LogP contribution in [0.3, 0.4) is 0 Å². The summed E-state index contributed by atoms with van der Waals surface area (Å²) >= 11 is 0. The Morgan fingerprint density at radius 2 is 2.06 bits per heavy atom. The van der Waals surface area contributed by atoms with Crippen LogP contribution >= 0.6 is 0 Å². The molecule has 0 aliphatic heterocycles. The van der Waals surface area contributed by atoms with Crippen molar-refractivity contribution >= 4 is 0 Å². The molecule has 1 aromatic heterocycles. The van der Waals surface area contributed by atoms with Gasteiger partial charge in [0.15, 0.2) is 0 Å². The molecule has 0 saturated heterocycles. The topological polar surface area (TPSA) is 29.9 Å². The summed E-state index contributed by atoms with van der Waals surface area (Å²) in [5.74, 6) is 0. The first-order valence-electron chi connectivity index (χ1n) is 6.48. The predicted octanol–water partition coefficient (Wildman–Crippen LogP) is 2.66. The lowest BCUT2D eigenvalue weighted by Gasteiger charge is -2.11. The average molecular weight is 243 g/mol. The first kappa shape index (κ1) is 12.8. The zero-order valence-electron chi connectivity index (χ0n) is 11.4. The van der Waals surface area contributed by atoms with Crippen LogP contribution in [-0.4, -0.2) is 16.3 Å². The Morgan fingerprint density at radius 1 is 1.22 bits per heavy atom. The Bertz CT molecular complexity index is 514. The van der Waals surface area contributed by atoms with E-state index in [0.717, 1.165) is 19.6 Å². The first-order valence-corrected chi connectivity index (χ1v) is 6.48. The Labute approximate surface area is 109 Å². The number of hydrogen-bond donors (Lipinski definition) is 1. The van der Waals surface area contributed by atoms with E-state index >= 15 is 0 Å². The van der Waals surface area contributed by atoms with Crippen LogP contribution in [0.2, 0.25) is 0 Å². The summed E-state index contributed by atoms with van der Waals surface area (Å²) in [5, 5.41) is 7.75. The van der Waals surface area contributed by atoms with Gasteiger partial charge in [0.1, 0.15) is 0 Å². The normalized spacial score (nSPS) is 10.8. The third kappa shape index (κ3) is 2.99. The molecule has 0 amide bonds. The summed E-state index contributed by atoms with van der Waals surface area (Å²) in [5.41, 5.74) is 5.20. The van der Waals surface area contributed by atoms with Crippen molar-refractivity contribution in [1.29, 1.82) is 0 Å². The summed E-state index contributed by atoms with van der Waals surface area (Å²) in [6, 6.07) is 8.65. The molecule has 2 rings (SSSR count). The summed E-state index contributed by atoms with van der Waals surface area (Å²) in [6.07, 6.45) is 1.87. The molecule has 0 saturated carbocycles. The van der Waals surface area contributed by atoms with E-state index in [1.807, 2.05) is 6.20 Å². The van der Waals surface area contributed by atoms with E-state index in [2.05, 4.69) is 60.1 Å². The molecule has 0 bridgehead atoms. The van der Waals surface area contributed by atoms with Gasteiger partial charge in [-0.05, 0) is 37.6 Å². The molecule has 0 aliphatic carbocycles. The molecule has 0 spiro atoms. The molecule has 3 nitrogen and oxygen atoms in total. The van der Waals surface area contributed by atoms with Gasteiger partial charge in [0.25, 0.3) is 0 Å². The molecule has 3 heteroatoms. The molecule has 1 heterocycles. The average Bonchev–Trinajstić information content (AvgIpc) is 2.79. The molecule has 1 aromatic carbocycles. The van der Waals surface area contributed by atoms with Crippen molar-refractivity contribution in [2.45, 2.75) is 33.9 Å². The molecule has 96 valence electrons. The van der Waals surface area contributed by atoms with Gasteiger partial charge < -0.3 is 5.32 Å². The maximum absolute atomic E-state index is 4.41. The minimum atomic E-state index is 0.848. The largest absolute Gasteiger partial charge is 0.311 e. The predicted molar refractivity (Wildman–Crippen MR) is 74.6 cm³/mol. The smallest absolute Gasteiger partial charge is 0.0665 e. The maximum atomic E-state index is 4.41. The van der Waals surface area contributed by atoms with Crippen LogP contribution in [-0.2, 0) is 13.1 Å². The van der Waals surface area contributed by atoms with Gasteiger partial charge in [-0.1, -0.05) is 30.7 Å². The highest BCUT2D eigenvalue weighted by atomic mass is 15.3. The van der Waals surface area contributed by atoms with Crippen molar-refractivity contribution in [3.05, 3.63) is 52.8 Å². The third-order valence-electron chi connectivity index (χ3n) is 3.19. The van der Waals surface area contributed by atoms with Gasteiger partial charge >= 0.3 is 0 Å². The fourth-order valence-corrected chi connectivity index (χ4v) is 2.04. The van der Waals surface area contributed by atoms with Gasteiger partial charge in [-0.25, -0.2) is 0 Å². The molecule has 0 fully saturated rings. The van der Waals surface area contributed by atoms with Gasteiger partial charge in [-0.15, -0.1) is 0 Å². The van der Waals surface area contributed by atoms with Crippen LogP contribution in [0, 0.1) is 13.8 Å². The van der Waals surface area contributed by atoms with E-state index in [-0.39, 0.29) is 0 Å². The Balaban J connectivity index is 2.18. The molecule has 0 radical (unpaired) electrons. The molecule has 1 N–H and O–H groups in total. The third-order valence-corrected chi connectivity index (χ3v) is 3.19. The van der Waals surface area contributed by atoms with E-state index in [9.17, 15) is 0 Å². The molecule has 18 heavy (non-hydrogen) atoms. The van der Waals surface area contributed by atoms with Crippen LogP contribution in [0.1, 0.15) is 29.3 Å².